The summed E-state index contributed by atoms with van der Waals surface area (Å²) < 4.78 is 0. The Hall–Kier alpha value is -1.61. The number of hydrogen-bond acceptors (Lipinski definition) is 4. The number of nitrogens with zero attached hydrogens (tertiary/aromatic N) is 2. The van der Waals surface area contributed by atoms with Crippen molar-refractivity contribution in [2.45, 2.75) is 53.0 Å². The maximum atomic E-state index is 9.10. The summed E-state index contributed by atoms with van der Waals surface area (Å²) in [6.45, 7) is 11.4. The molecule has 0 aromatic rings. The number of carboxylic acid groups (broad SMARTS) is 2. The SMILES string of the molecule is CC(C#N)CN1CC2(C)CC1CC(C)(C)C2.O=C(O)C(=O)O. The Bertz CT molecular complexity index is 471. The summed E-state index contributed by atoms with van der Waals surface area (Å²) in [6.07, 6.45) is 3.99. The van der Waals surface area contributed by atoms with E-state index in [-0.39, 0.29) is 5.92 Å². The van der Waals surface area contributed by atoms with Gasteiger partial charge >= 0.3 is 11.9 Å². The van der Waals surface area contributed by atoms with E-state index in [2.05, 4.69) is 31.7 Å². The van der Waals surface area contributed by atoms with E-state index < -0.39 is 11.9 Å². The van der Waals surface area contributed by atoms with Crippen molar-refractivity contribution in [1.29, 1.82) is 5.26 Å². The van der Waals surface area contributed by atoms with E-state index in [9.17, 15) is 0 Å². The van der Waals surface area contributed by atoms with Crippen molar-refractivity contribution in [1.82, 2.24) is 4.90 Å². The van der Waals surface area contributed by atoms with Crippen LogP contribution in [0.25, 0.3) is 0 Å². The number of aliphatic carboxylic acids is 2. The van der Waals surface area contributed by atoms with Gasteiger partial charge in [-0.15, -0.1) is 0 Å². The van der Waals surface area contributed by atoms with Crippen LogP contribution in [0.1, 0.15) is 47.0 Å². The predicted octanol–water partition coefficient (Wildman–Crippen LogP) is 2.20. The molecule has 2 rings (SSSR count). The van der Waals surface area contributed by atoms with Crippen molar-refractivity contribution in [3.8, 4) is 6.07 Å². The van der Waals surface area contributed by atoms with Crippen molar-refractivity contribution in [2.24, 2.45) is 16.7 Å². The zero-order valence-electron chi connectivity index (χ0n) is 13.8. The first kappa shape index (κ1) is 18.4. The lowest BCUT2D eigenvalue weighted by molar-refractivity contribution is -0.159. The number of nitriles is 1. The molecule has 2 N–H and O–H groups in total. The van der Waals surface area contributed by atoms with Gasteiger partial charge in [0.25, 0.3) is 0 Å². The first-order valence-electron chi connectivity index (χ1n) is 7.58. The summed E-state index contributed by atoms with van der Waals surface area (Å²) in [5.74, 6) is -3.48. The van der Waals surface area contributed by atoms with Crippen LogP contribution in [-0.2, 0) is 9.59 Å². The zero-order valence-corrected chi connectivity index (χ0v) is 13.8. The Morgan fingerprint density at radius 2 is 1.82 bits per heavy atom. The highest BCUT2D eigenvalue weighted by atomic mass is 16.4. The fraction of sp³-hybridized carbons (Fsp3) is 0.812. The summed E-state index contributed by atoms with van der Waals surface area (Å²) in [7, 11) is 0. The molecule has 1 heterocycles. The fourth-order valence-electron chi connectivity index (χ4n) is 4.18. The Labute approximate surface area is 131 Å². The molecule has 3 unspecified atom stereocenters. The monoisotopic (exact) mass is 310 g/mol. The molecular formula is C16H26N2O4. The Balaban J connectivity index is 0.000000346. The van der Waals surface area contributed by atoms with E-state index in [1.165, 1.54) is 25.8 Å². The van der Waals surface area contributed by atoms with Gasteiger partial charge in [-0.05, 0) is 37.0 Å². The Morgan fingerprint density at radius 3 is 2.27 bits per heavy atom. The van der Waals surface area contributed by atoms with E-state index in [1.54, 1.807) is 0 Å². The third-order valence-corrected chi connectivity index (χ3v) is 4.43. The highest BCUT2D eigenvalue weighted by Crippen LogP contribution is 2.52. The molecule has 6 nitrogen and oxygen atoms in total. The fourth-order valence-corrected chi connectivity index (χ4v) is 4.18. The molecule has 22 heavy (non-hydrogen) atoms. The smallest absolute Gasteiger partial charge is 0.414 e. The average Bonchev–Trinajstić information content (AvgIpc) is 2.58. The Morgan fingerprint density at radius 1 is 1.27 bits per heavy atom. The van der Waals surface area contributed by atoms with Crippen LogP contribution in [0.15, 0.2) is 0 Å². The predicted molar refractivity (Wildman–Crippen MR) is 81.1 cm³/mol. The highest BCUT2D eigenvalue weighted by Gasteiger charge is 2.49. The second-order valence-corrected chi connectivity index (χ2v) is 7.78. The number of carbonyl (C=O) groups is 2. The highest BCUT2D eigenvalue weighted by molar-refractivity contribution is 6.27. The van der Waals surface area contributed by atoms with Gasteiger partial charge in [-0.25, -0.2) is 9.59 Å². The first-order valence-corrected chi connectivity index (χ1v) is 7.58. The van der Waals surface area contributed by atoms with E-state index in [4.69, 9.17) is 25.1 Å². The molecule has 124 valence electrons. The van der Waals surface area contributed by atoms with Crippen LogP contribution in [0.3, 0.4) is 0 Å². The van der Waals surface area contributed by atoms with Crippen molar-refractivity contribution in [3.05, 3.63) is 0 Å². The average molecular weight is 310 g/mol. The van der Waals surface area contributed by atoms with Crippen LogP contribution < -0.4 is 0 Å². The van der Waals surface area contributed by atoms with Crippen LogP contribution >= 0.6 is 0 Å². The number of likely N-dealkylation sites (tertiary alicyclic amines) is 1. The van der Waals surface area contributed by atoms with Gasteiger partial charge in [0.15, 0.2) is 0 Å². The number of fused-ring (bicyclic) bond motifs is 2. The zero-order chi connectivity index (χ0) is 17.1. The van der Waals surface area contributed by atoms with Crippen LogP contribution in [0.2, 0.25) is 0 Å². The molecule has 2 bridgehead atoms. The minimum Gasteiger partial charge on any atom is -0.473 e. The molecule has 1 saturated heterocycles. The van der Waals surface area contributed by atoms with Gasteiger partial charge in [0.05, 0.1) is 12.0 Å². The molecule has 2 fully saturated rings. The quantitative estimate of drug-likeness (QED) is 0.758. The molecule has 0 radical (unpaired) electrons. The van der Waals surface area contributed by atoms with Gasteiger partial charge in [-0.3, -0.25) is 4.90 Å². The minimum atomic E-state index is -1.82. The molecule has 0 spiro atoms. The summed E-state index contributed by atoms with van der Waals surface area (Å²) in [4.78, 5) is 20.8. The lowest BCUT2D eigenvalue weighted by atomic mass is 9.65. The van der Waals surface area contributed by atoms with Crippen LogP contribution in [-0.4, -0.2) is 46.2 Å². The molecule has 1 aliphatic carbocycles. The topological polar surface area (TPSA) is 102 Å². The van der Waals surface area contributed by atoms with Gasteiger partial charge in [0.2, 0.25) is 0 Å². The molecule has 1 aliphatic heterocycles. The van der Waals surface area contributed by atoms with Gasteiger partial charge in [0, 0.05) is 19.1 Å². The van der Waals surface area contributed by atoms with Crippen LogP contribution in [0.4, 0.5) is 0 Å². The molecule has 2 aliphatic rings. The second kappa shape index (κ2) is 6.66. The summed E-state index contributed by atoms with van der Waals surface area (Å²) in [5.41, 5.74) is 0.990. The maximum absolute atomic E-state index is 9.10. The van der Waals surface area contributed by atoms with Crippen molar-refractivity contribution in [2.75, 3.05) is 13.1 Å². The molecular weight excluding hydrogens is 284 g/mol. The van der Waals surface area contributed by atoms with Crippen molar-refractivity contribution < 1.29 is 19.8 Å². The largest absolute Gasteiger partial charge is 0.473 e. The lowest BCUT2D eigenvalue weighted by Gasteiger charge is -2.40. The van der Waals surface area contributed by atoms with Gasteiger partial charge in [-0.2, -0.15) is 5.26 Å². The summed E-state index contributed by atoms with van der Waals surface area (Å²) in [6, 6.07) is 3.09. The second-order valence-electron chi connectivity index (χ2n) is 7.78. The summed E-state index contributed by atoms with van der Waals surface area (Å²) >= 11 is 0. The van der Waals surface area contributed by atoms with Gasteiger partial charge < -0.3 is 10.2 Å². The third-order valence-electron chi connectivity index (χ3n) is 4.43. The van der Waals surface area contributed by atoms with Gasteiger partial charge in [-0.1, -0.05) is 20.8 Å². The number of carboxylic acids is 2. The van der Waals surface area contributed by atoms with E-state index in [0.29, 0.717) is 10.8 Å². The van der Waals surface area contributed by atoms with Crippen LogP contribution in [0, 0.1) is 28.1 Å². The van der Waals surface area contributed by atoms with E-state index in [0.717, 1.165) is 12.6 Å². The summed E-state index contributed by atoms with van der Waals surface area (Å²) in [5, 5.41) is 23.7. The molecule has 3 atom stereocenters. The normalized spacial score (nSPS) is 30.6. The first-order chi connectivity index (χ1) is 9.98. The molecule has 6 heteroatoms. The minimum absolute atomic E-state index is 0.172. The van der Waals surface area contributed by atoms with Crippen LogP contribution in [0.5, 0.6) is 0 Å². The number of rotatable bonds is 2. The molecule has 0 aromatic carbocycles. The maximum Gasteiger partial charge on any atom is 0.414 e. The van der Waals surface area contributed by atoms with E-state index in [1.807, 2.05) is 6.92 Å². The molecule has 1 saturated carbocycles. The third kappa shape index (κ3) is 4.99. The van der Waals surface area contributed by atoms with Crippen molar-refractivity contribution >= 4 is 11.9 Å². The molecule has 0 aromatic heterocycles. The van der Waals surface area contributed by atoms with Gasteiger partial charge in [0.1, 0.15) is 0 Å². The number of hydrogen-bond donors (Lipinski definition) is 2. The Kier molecular flexibility index (Phi) is 5.58. The van der Waals surface area contributed by atoms with Crippen molar-refractivity contribution in [3.63, 3.8) is 0 Å². The lowest BCUT2D eigenvalue weighted by Crippen LogP contribution is -2.36. The molecule has 0 amide bonds. The van der Waals surface area contributed by atoms with E-state index >= 15 is 0 Å². The standard InChI is InChI=1S/C14H24N2.C2H2O4/c1-11(7-15)8-16-10-14(4)6-12(16)5-13(2,3)9-14;3-1(4)2(5)6/h11-12H,5-6,8-10H2,1-4H3;(H,3,4)(H,5,6).